The number of carbonyl (C=O) groups excluding carboxylic acids is 1. The van der Waals surface area contributed by atoms with Gasteiger partial charge < -0.3 is 4.42 Å². The van der Waals surface area contributed by atoms with E-state index in [1.54, 1.807) is 53.5 Å². The zero-order valence-electron chi connectivity index (χ0n) is 16.0. The maximum Gasteiger partial charge on any atom is 0.294 e. The summed E-state index contributed by atoms with van der Waals surface area (Å²) in [6.07, 6.45) is 1.56. The number of nitrogens with one attached hydrogen (secondary N) is 1. The van der Waals surface area contributed by atoms with Gasteiger partial charge >= 0.3 is 0 Å². The molecule has 0 aliphatic rings. The second-order valence-electron chi connectivity index (χ2n) is 5.99. The zero-order valence-corrected chi connectivity index (χ0v) is 19.2. The van der Waals surface area contributed by atoms with E-state index in [1.807, 2.05) is 0 Å². The summed E-state index contributed by atoms with van der Waals surface area (Å²) in [6.45, 7) is 2.15. The van der Waals surface area contributed by atoms with E-state index in [0.717, 1.165) is 5.01 Å². The number of rotatable bonds is 8. The van der Waals surface area contributed by atoms with Gasteiger partial charge in [0.05, 0.1) is 29.3 Å². The van der Waals surface area contributed by atoms with Crippen LogP contribution in [0.3, 0.4) is 0 Å². The van der Waals surface area contributed by atoms with Gasteiger partial charge in [0, 0.05) is 10.4 Å². The topological polar surface area (TPSA) is 95.1 Å². The Bertz CT molecular complexity index is 1190. The van der Waals surface area contributed by atoms with Gasteiger partial charge in [-0.1, -0.05) is 35.0 Å². The van der Waals surface area contributed by atoms with Crippen molar-refractivity contribution in [3.8, 4) is 17.3 Å². The second-order valence-corrected chi connectivity index (χ2v) is 8.72. The molecule has 1 amide bonds. The average molecular weight is 496 g/mol. The summed E-state index contributed by atoms with van der Waals surface area (Å²) in [4.78, 5) is 21.2. The number of thiazole rings is 1. The maximum absolute atomic E-state index is 12.0. The van der Waals surface area contributed by atoms with Gasteiger partial charge in [0.1, 0.15) is 10.7 Å². The number of nitrogens with zero attached hydrogens (tertiary/aromatic N) is 4. The molecule has 4 rings (SSSR count). The molecule has 3 heterocycles. The van der Waals surface area contributed by atoms with Gasteiger partial charge in [0.2, 0.25) is 5.82 Å². The molecule has 1 aromatic carbocycles. The number of hydrogen-bond donors (Lipinski definition) is 1. The number of benzene rings is 1. The van der Waals surface area contributed by atoms with Crippen LogP contribution in [-0.2, 0) is 10.6 Å². The van der Waals surface area contributed by atoms with Crippen LogP contribution < -0.4 is 5.48 Å². The van der Waals surface area contributed by atoms with Crippen molar-refractivity contribution >= 4 is 52.2 Å². The van der Waals surface area contributed by atoms with E-state index in [0.29, 0.717) is 50.5 Å². The molecule has 0 spiro atoms. The predicted molar refractivity (Wildman–Crippen MR) is 120 cm³/mol. The predicted octanol–water partition coefficient (Wildman–Crippen LogP) is 5.26. The van der Waals surface area contributed by atoms with Crippen molar-refractivity contribution in [3.63, 3.8) is 0 Å². The van der Waals surface area contributed by atoms with Gasteiger partial charge in [-0.2, -0.15) is 0 Å². The number of halogens is 2. The van der Waals surface area contributed by atoms with Crippen LogP contribution in [0.25, 0.3) is 17.3 Å². The van der Waals surface area contributed by atoms with Crippen molar-refractivity contribution < 1.29 is 14.0 Å². The highest BCUT2D eigenvalue weighted by molar-refractivity contribution is 7.98. The van der Waals surface area contributed by atoms with Crippen molar-refractivity contribution in [2.24, 2.45) is 0 Å². The zero-order chi connectivity index (χ0) is 21.8. The number of amides is 1. The largest absolute Gasteiger partial charge is 0.461 e. The van der Waals surface area contributed by atoms with Gasteiger partial charge in [-0.05, 0) is 37.3 Å². The number of thioether (sulfide) groups is 1. The number of hydroxylamine groups is 1. The minimum atomic E-state index is -0.386. The molecule has 0 unspecified atom stereocenters. The molecule has 0 atom stereocenters. The molecule has 0 fully saturated rings. The summed E-state index contributed by atoms with van der Waals surface area (Å²) in [6, 6.07) is 8.72. The summed E-state index contributed by atoms with van der Waals surface area (Å²) in [5, 5.41) is 12.6. The summed E-state index contributed by atoms with van der Waals surface area (Å²) in [5.41, 5.74) is 3.26. The molecule has 0 saturated heterocycles. The van der Waals surface area contributed by atoms with Crippen molar-refractivity contribution in [2.45, 2.75) is 17.8 Å². The third-order valence-electron chi connectivity index (χ3n) is 3.94. The van der Waals surface area contributed by atoms with Crippen LogP contribution in [0.2, 0.25) is 10.0 Å². The third kappa shape index (κ3) is 4.94. The van der Waals surface area contributed by atoms with Gasteiger partial charge in [0.25, 0.3) is 5.91 Å². The Balaban J connectivity index is 1.62. The highest BCUT2D eigenvalue weighted by Gasteiger charge is 2.21. The Morgan fingerprint density at radius 3 is 2.97 bits per heavy atom. The van der Waals surface area contributed by atoms with Crippen LogP contribution in [0.4, 0.5) is 0 Å². The molecule has 4 aromatic rings. The van der Waals surface area contributed by atoms with Crippen molar-refractivity contribution in [2.75, 3.05) is 6.61 Å². The fraction of sp³-hybridized carbons (Fsp3) is 0.158. The fourth-order valence-corrected chi connectivity index (χ4v) is 4.71. The van der Waals surface area contributed by atoms with Crippen LogP contribution in [0.15, 0.2) is 51.5 Å². The molecule has 0 bridgehead atoms. The Morgan fingerprint density at radius 1 is 1.32 bits per heavy atom. The SMILES string of the molecule is CCONC(=O)c1csc(CSc2nnc(-c3ccco3)n2-c2cc(Cl)ccc2Cl)n1. The van der Waals surface area contributed by atoms with E-state index < -0.39 is 0 Å². The van der Waals surface area contributed by atoms with Crippen LogP contribution in [0.1, 0.15) is 22.4 Å². The lowest BCUT2D eigenvalue weighted by Gasteiger charge is -2.11. The van der Waals surface area contributed by atoms with E-state index in [2.05, 4.69) is 20.7 Å². The van der Waals surface area contributed by atoms with Crippen LogP contribution in [0.5, 0.6) is 0 Å². The highest BCUT2D eigenvalue weighted by atomic mass is 35.5. The minimum absolute atomic E-state index is 0.296. The van der Waals surface area contributed by atoms with E-state index in [1.165, 1.54) is 23.1 Å². The quantitative estimate of drug-likeness (QED) is 0.263. The number of carbonyl (C=O) groups is 1. The Morgan fingerprint density at radius 2 is 2.19 bits per heavy atom. The first-order valence-corrected chi connectivity index (χ1v) is 11.6. The lowest BCUT2D eigenvalue weighted by atomic mass is 10.3. The van der Waals surface area contributed by atoms with E-state index in [-0.39, 0.29) is 5.91 Å². The number of hydrogen-bond acceptors (Lipinski definition) is 8. The van der Waals surface area contributed by atoms with Gasteiger partial charge in [0.15, 0.2) is 10.9 Å². The molecule has 3 aromatic heterocycles. The Labute approximate surface area is 195 Å². The smallest absolute Gasteiger partial charge is 0.294 e. The van der Waals surface area contributed by atoms with E-state index in [9.17, 15) is 4.79 Å². The number of aromatic nitrogens is 4. The van der Waals surface area contributed by atoms with Crippen LogP contribution >= 0.6 is 46.3 Å². The molecule has 0 saturated carbocycles. The molecule has 0 radical (unpaired) electrons. The van der Waals surface area contributed by atoms with Gasteiger partial charge in [-0.25, -0.2) is 10.5 Å². The summed E-state index contributed by atoms with van der Waals surface area (Å²) >= 11 is 15.4. The lowest BCUT2D eigenvalue weighted by Crippen LogP contribution is -2.23. The standard InChI is InChI=1S/C19H15Cl2N5O3S2/c1-2-29-25-18(27)13-9-30-16(22-13)10-31-19-24-23-17(15-4-3-7-28-15)26(19)14-8-11(20)5-6-12(14)21/h3-9H,2,10H2,1H3,(H,25,27). The molecule has 160 valence electrons. The second kappa shape index (κ2) is 9.84. The van der Waals surface area contributed by atoms with E-state index >= 15 is 0 Å². The van der Waals surface area contributed by atoms with Crippen LogP contribution in [0, 0.1) is 0 Å². The first kappa shape index (κ1) is 21.8. The van der Waals surface area contributed by atoms with Gasteiger partial charge in [-0.3, -0.25) is 14.2 Å². The first-order valence-electron chi connectivity index (χ1n) is 9.01. The molecule has 0 aliphatic heterocycles. The number of furan rings is 1. The fourth-order valence-electron chi connectivity index (χ4n) is 2.60. The van der Waals surface area contributed by atoms with Gasteiger partial charge in [-0.15, -0.1) is 21.5 Å². The molecule has 8 nitrogen and oxygen atoms in total. The summed E-state index contributed by atoms with van der Waals surface area (Å²) in [5.74, 6) is 1.12. The molecular weight excluding hydrogens is 481 g/mol. The monoisotopic (exact) mass is 495 g/mol. The third-order valence-corrected chi connectivity index (χ3v) is 6.47. The Kier molecular flexibility index (Phi) is 6.93. The van der Waals surface area contributed by atoms with Crippen molar-refractivity contribution in [3.05, 3.63) is 62.7 Å². The van der Waals surface area contributed by atoms with Crippen LogP contribution in [-0.4, -0.2) is 32.3 Å². The molecule has 1 N–H and O–H groups in total. The van der Waals surface area contributed by atoms with E-state index in [4.69, 9.17) is 32.5 Å². The molecular formula is C19H15Cl2N5O3S2. The Hall–Kier alpha value is -2.37. The molecule has 31 heavy (non-hydrogen) atoms. The normalized spacial score (nSPS) is 11.1. The summed E-state index contributed by atoms with van der Waals surface area (Å²) < 4.78 is 7.30. The lowest BCUT2D eigenvalue weighted by molar-refractivity contribution is 0.0360. The minimum Gasteiger partial charge on any atom is -0.461 e. The maximum atomic E-state index is 12.0. The highest BCUT2D eigenvalue weighted by Crippen LogP contribution is 2.34. The first-order chi connectivity index (χ1) is 15.1. The average Bonchev–Trinajstić information content (AvgIpc) is 3.52. The van der Waals surface area contributed by atoms with Crippen molar-refractivity contribution in [1.82, 2.24) is 25.2 Å². The summed E-state index contributed by atoms with van der Waals surface area (Å²) in [7, 11) is 0. The molecule has 0 aliphatic carbocycles. The van der Waals surface area contributed by atoms with Crippen molar-refractivity contribution in [1.29, 1.82) is 0 Å². The molecule has 12 heteroatoms.